The van der Waals surface area contributed by atoms with E-state index in [9.17, 15) is 90.4 Å². The van der Waals surface area contributed by atoms with Gasteiger partial charge >= 0.3 is 0 Å². The number of allylic oxidation sites excluding steroid dienone is 2. The number of nitrogens with one attached hydrogen (secondary N) is 5. The molecule has 6 heterocycles. The fourth-order valence-electron chi connectivity index (χ4n) is 12.7. The summed E-state index contributed by atoms with van der Waals surface area (Å²) in [5, 5.41) is 159. The number of aliphatic hydroxyl groups is 13. The molecule has 6 aliphatic heterocycles. The Morgan fingerprint density at radius 3 is 1.35 bits per heavy atom. The number of ether oxygens (including phenoxy) is 12. The summed E-state index contributed by atoms with van der Waals surface area (Å²) >= 11 is 0. The van der Waals surface area contributed by atoms with E-state index in [-0.39, 0.29) is 5.56 Å². The number of hydrogen-bond donors (Lipinski definition) is 18. The van der Waals surface area contributed by atoms with Gasteiger partial charge in [0.1, 0.15) is 134 Å². The SMILES string of the molecule is CCCCCC/C=C\CCCOc1cccc(C(=O)N[C@H]2C(O)[C@H](O)C(CO)O[C@H]2O[C@H]2C(O)C(NC(C)=O)C(OC3C(CO)O[C@@H](O[C@H]4C(O)C(NC(C)=O)C(OC5C(CO[C@@H]6OC(C)C(O)[C@H](C)[C@H]6O)OC(O)[C@@H](NC(C)=O)[C@@H]5O)O[C@H]4CO)[C@@H](NC(C)=O)[C@@H]3O)O[C@H]2CO)c1. The van der Waals surface area contributed by atoms with E-state index in [0.717, 1.165) is 53.4 Å². The van der Waals surface area contributed by atoms with Gasteiger partial charge in [0, 0.05) is 39.2 Å². The molecule has 5 amide bonds. The van der Waals surface area contributed by atoms with Crippen molar-refractivity contribution < 1.29 is 147 Å². The number of benzene rings is 1. The number of unbranched alkanes of at least 4 members (excludes halogenated alkanes) is 5. The minimum absolute atomic E-state index is 0.0501. The van der Waals surface area contributed by atoms with Gasteiger partial charge in [0.15, 0.2) is 37.7 Å². The van der Waals surface area contributed by atoms with Crippen molar-refractivity contribution >= 4 is 29.5 Å². The van der Waals surface area contributed by atoms with Crippen LogP contribution in [0.4, 0.5) is 0 Å². The van der Waals surface area contributed by atoms with Crippen LogP contribution >= 0.6 is 0 Å². The molecule has 0 aromatic heterocycles. The third kappa shape index (κ3) is 20.5. The fourth-order valence-corrected chi connectivity index (χ4v) is 12.7. The van der Waals surface area contributed by atoms with E-state index < -0.39 is 246 Å². The Morgan fingerprint density at radius 2 is 0.888 bits per heavy atom. The van der Waals surface area contributed by atoms with Gasteiger partial charge < -0.3 is 150 Å². The van der Waals surface area contributed by atoms with Crippen molar-refractivity contribution in [2.75, 3.05) is 39.6 Å². The molecular formula is C63H101N5O30. The Kier molecular flexibility index (Phi) is 31.1. The third-order valence-electron chi connectivity index (χ3n) is 18.0. The van der Waals surface area contributed by atoms with Crippen molar-refractivity contribution in [3.8, 4) is 5.75 Å². The van der Waals surface area contributed by atoms with Gasteiger partial charge in [-0.15, -0.1) is 0 Å². The highest BCUT2D eigenvalue weighted by Crippen LogP contribution is 2.37. The monoisotopic (exact) mass is 1410 g/mol. The van der Waals surface area contributed by atoms with E-state index in [0.29, 0.717) is 18.8 Å². The summed E-state index contributed by atoms with van der Waals surface area (Å²) in [6.45, 7) is 5.23. The Bertz CT molecular complexity index is 2710. The van der Waals surface area contributed by atoms with Crippen molar-refractivity contribution in [1.82, 2.24) is 26.6 Å². The molecule has 0 radical (unpaired) electrons. The van der Waals surface area contributed by atoms with Crippen LogP contribution in [-0.4, -0.2) is 313 Å². The van der Waals surface area contributed by atoms with Crippen LogP contribution in [0.3, 0.4) is 0 Å². The Hall–Kier alpha value is -4.85. The zero-order valence-electron chi connectivity index (χ0n) is 55.7. The number of amides is 5. The first kappa shape index (κ1) is 80.5. The minimum atomic E-state index is -2.06. The molecule has 0 spiro atoms. The van der Waals surface area contributed by atoms with Crippen LogP contribution in [0.15, 0.2) is 36.4 Å². The van der Waals surface area contributed by atoms with Crippen LogP contribution in [0.2, 0.25) is 0 Å². The summed E-state index contributed by atoms with van der Waals surface area (Å²) in [5.74, 6) is -4.38. The zero-order valence-corrected chi connectivity index (χ0v) is 55.7. The summed E-state index contributed by atoms with van der Waals surface area (Å²) in [5.41, 5.74) is 0.0501. The second-order valence-corrected chi connectivity index (χ2v) is 25.4. The van der Waals surface area contributed by atoms with E-state index >= 15 is 0 Å². The minimum Gasteiger partial charge on any atom is -0.494 e. The second-order valence-electron chi connectivity index (χ2n) is 25.4. The van der Waals surface area contributed by atoms with Gasteiger partial charge in [0.25, 0.3) is 5.91 Å². The molecule has 18 N–H and O–H groups in total. The van der Waals surface area contributed by atoms with Crippen LogP contribution in [-0.2, 0) is 71.3 Å². The van der Waals surface area contributed by atoms with Crippen molar-refractivity contribution in [1.29, 1.82) is 0 Å². The predicted octanol–water partition coefficient (Wildman–Crippen LogP) is -6.10. The molecule has 1 aromatic rings. The van der Waals surface area contributed by atoms with E-state index in [1.54, 1.807) is 19.1 Å². The highest BCUT2D eigenvalue weighted by Gasteiger charge is 2.58. The molecule has 30 atom stereocenters. The van der Waals surface area contributed by atoms with Gasteiger partial charge in [0.2, 0.25) is 23.6 Å². The van der Waals surface area contributed by atoms with Crippen molar-refractivity contribution in [3.63, 3.8) is 0 Å². The average molecular weight is 1410 g/mol. The van der Waals surface area contributed by atoms with Gasteiger partial charge in [-0.1, -0.05) is 51.3 Å². The Labute approximate surface area is 566 Å². The van der Waals surface area contributed by atoms with Crippen LogP contribution < -0.4 is 31.3 Å². The smallest absolute Gasteiger partial charge is 0.251 e. The fraction of sp³-hybridized carbons (Fsp3) is 0.794. The topological polar surface area (TPSA) is 519 Å². The molecule has 35 nitrogen and oxygen atoms in total. The van der Waals surface area contributed by atoms with E-state index in [1.807, 2.05) is 0 Å². The van der Waals surface area contributed by atoms with Gasteiger partial charge in [-0.3, -0.25) is 24.0 Å². The molecule has 0 bridgehead atoms. The molecule has 6 fully saturated rings. The van der Waals surface area contributed by atoms with Gasteiger partial charge in [0.05, 0.1) is 51.8 Å². The lowest BCUT2D eigenvalue weighted by atomic mass is 9.91. The number of hydrogen-bond acceptors (Lipinski definition) is 30. The van der Waals surface area contributed by atoms with Crippen molar-refractivity contribution in [3.05, 3.63) is 42.0 Å². The van der Waals surface area contributed by atoms with Gasteiger partial charge in [-0.05, 0) is 50.8 Å². The largest absolute Gasteiger partial charge is 0.494 e. The van der Waals surface area contributed by atoms with E-state index in [2.05, 4.69) is 45.7 Å². The van der Waals surface area contributed by atoms with Crippen LogP contribution in [0.5, 0.6) is 5.75 Å². The molecule has 15 unspecified atom stereocenters. The first-order valence-corrected chi connectivity index (χ1v) is 33.2. The zero-order chi connectivity index (χ0) is 71.8. The third-order valence-corrected chi connectivity index (χ3v) is 18.0. The highest BCUT2D eigenvalue weighted by atomic mass is 16.8. The van der Waals surface area contributed by atoms with Crippen molar-refractivity contribution in [2.45, 2.75) is 271 Å². The average Bonchev–Trinajstić information content (AvgIpc) is 0.771. The first-order valence-electron chi connectivity index (χ1n) is 33.2. The van der Waals surface area contributed by atoms with Crippen LogP contribution in [0.1, 0.15) is 104 Å². The standard InChI is InChI=1S/C63H101N5O30/c1-8-9-10-11-12-13-14-15-16-20-87-34-19-17-18-33(21-34)57(85)68-41-48(80)47(79)35(22-69)91-59(41)95-53-36(23-70)92-60(42(50(53)82)65-30(5)74)96-54-37(24-71)93-61(43(51(54)83)66-31(6)75)97-55-38(25-72)94-62(44(52(55)84)67-32(7)76)98-56-39(90-58(86)40(49(56)81)64-29(4)73)26-88-63-46(78)27(2)45(77)28(3)89-63/h13-14,17-19,21,27-28,35-56,58-63,69-72,77-84,86H,8-12,15-16,20,22-26H2,1-7H3,(H,64,73)(H,65,74)(H,66,75)(H,67,76)(H,68,85)/b14-13-/t27-,28?,35?,36-,37?,38-,39?,40-,41-,42?,43-,44?,45?,46+,47+,48?,49-,50?,51-,52?,53+,54?,55+,56?,58?,59-,60?,61-,62?,63+/m0/s1. The second kappa shape index (κ2) is 37.9. The Morgan fingerprint density at radius 1 is 0.459 bits per heavy atom. The molecular weight excluding hydrogens is 1310 g/mol. The maximum Gasteiger partial charge on any atom is 0.251 e. The van der Waals surface area contributed by atoms with Crippen LogP contribution in [0, 0.1) is 5.92 Å². The molecule has 558 valence electrons. The summed E-state index contributed by atoms with van der Waals surface area (Å²) in [7, 11) is 0. The lowest BCUT2D eigenvalue weighted by Crippen LogP contribution is -2.72. The maximum atomic E-state index is 13.9. The summed E-state index contributed by atoms with van der Waals surface area (Å²) in [6, 6.07) is -2.40. The molecule has 35 heteroatoms. The molecule has 0 aliphatic carbocycles. The quantitative estimate of drug-likeness (QED) is 0.0243. The number of aliphatic hydroxyl groups excluding tert-OH is 13. The van der Waals surface area contributed by atoms with Crippen LogP contribution in [0.25, 0.3) is 0 Å². The highest BCUT2D eigenvalue weighted by molar-refractivity contribution is 5.94. The molecule has 7 rings (SSSR count). The normalized spacial score (nSPS) is 39.9. The first-order chi connectivity index (χ1) is 46.7. The summed E-state index contributed by atoms with van der Waals surface area (Å²) in [4.78, 5) is 65.1. The summed E-state index contributed by atoms with van der Waals surface area (Å²) < 4.78 is 72.5. The Balaban J connectivity index is 1.07. The lowest BCUT2D eigenvalue weighted by molar-refractivity contribution is -0.368. The van der Waals surface area contributed by atoms with Crippen molar-refractivity contribution in [2.24, 2.45) is 5.92 Å². The molecule has 1 aromatic carbocycles. The molecule has 0 saturated carbocycles. The number of carbonyl (C=O) groups excluding carboxylic acids is 5. The number of carbonyl (C=O) groups is 5. The van der Waals surface area contributed by atoms with Gasteiger partial charge in [-0.2, -0.15) is 0 Å². The summed E-state index contributed by atoms with van der Waals surface area (Å²) in [6.07, 6.45) is -29.9. The lowest BCUT2D eigenvalue weighted by Gasteiger charge is -2.51. The molecule has 6 aliphatic rings. The maximum absolute atomic E-state index is 13.9. The molecule has 98 heavy (non-hydrogen) atoms. The van der Waals surface area contributed by atoms with E-state index in [1.165, 1.54) is 31.9 Å². The van der Waals surface area contributed by atoms with Gasteiger partial charge in [-0.25, -0.2) is 0 Å². The predicted molar refractivity (Wildman–Crippen MR) is 332 cm³/mol. The van der Waals surface area contributed by atoms with E-state index in [4.69, 9.17) is 56.8 Å². The molecule has 6 saturated heterocycles. The number of rotatable bonds is 31.